The van der Waals surface area contributed by atoms with E-state index in [2.05, 4.69) is 43.7 Å². The van der Waals surface area contributed by atoms with E-state index >= 15 is 0 Å². The zero-order chi connectivity index (χ0) is 16.6. The Labute approximate surface area is 144 Å². The molecule has 5 heteroatoms. The van der Waals surface area contributed by atoms with Crippen molar-refractivity contribution in [2.24, 2.45) is 10.7 Å². The number of guanidine groups is 1. The van der Waals surface area contributed by atoms with Crippen LogP contribution in [0.25, 0.3) is 0 Å². The van der Waals surface area contributed by atoms with Gasteiger partial charge in [0, 0.05) is 32.0 Å². The number of likely N-dealkylation sites (tertiary alicyclic amines) is 1. The van der Waals surface area contributed by atoms with Crippen molar-refractivity contribution in [1.29, 1.82) is 0 Å². The van der Waals surface area contributed by atoms with Gasteiger partial charge in [0.25, 0.3) is 0 Å². The van der Waals surface area contributed by atoms with Gasteiger partial charge >= 0.3 is 0 Å². The second-order valence-electron chi connectivity index (χ2n) is 6.35. The molecule has 5 nitrogen and oxygen atoms in total. The summed E-state index contributed by atoms with van der Waals surface area (Å²) < 4.78 is 2.17. The second kappa shape index (κ2) is 8.52. The molecule has 3 rings (SSSR count). The maximum Gasteiger partial charge on any atom is 0.191 e. The Morgan fingerprint density at radius 3 is 2.58 bits per heavy atom. The molecule has 2 heterocycles. The first-order chi connectivity index (χ1) is 11.8. The molecule has 1 saturated heterocycles. The Bertz CT molecular complexity index is 639. The lowest BCUT2D eigenvalue weighted by atomic mass is 10.1. The second-order valence-corrected chi connectivity index (χ2v) is 6.35. The minimum atomic E-state index is 0.546. The molecule has 128 valence electrons. The van der Waals surface area contributed by atoms with Gasteiger partial charge in [-0.15, -0.1) is 0 Å². The van der Waals surface area contributed by atoms with Gasteiger partial charge in [0.2, 0.25) is 0 Å². The van der Waals surface area contributed by atoms with E-state index in [4.69, 9.17) is 5.73 Å². The summed E-state index contributed by atoms with van der Waals surface area (Å²) in [5, 5.41) is 0. The first kappa shape index (κ1) is 16.6. The molecule has 1 aliphatic rings. The van der Waals surface area contributed by atoms with Crippen LogP contribution in [-0.2, 0) is 19.5 Å². The Balaban J connectivity index is 1.57. The maximum absolute atomic E-state index is 6.19. The van der Waals surface area contributed by atoms with E-state index in [1.807, 2.05) is 18.5 Å². The molecule has 0 unspecified atom stereocenters. The zero-order valence-electron chi connectivity index (χ0n) is 14.3. The van der Waals surface area contributed by atoms with Gasteiger partial charge in [-0.3, -0.25) is 0 Å². The van der Waals surface area contributed by atoms with E-state index in [1.165, 1.54) is 31.2 Å². The Morgan fingerprint density at radius 1 is 1.08 bits per heavy atom. The fourth-order valence-electron chi connectivity index (χ4n) is 3.14. The molecule has 1 aromatic carbocycles. The Kier molecular flexibility index (Phi) is 5.88. The molecule has 0 atom stereocenters. The van der Waals surface area contributed by atoms with Crippen molar-refractivity contribution in [3.05, 3.63) is 54.1 Å². The van der Waals surface area contributed by atoms with E-state index in [1.54, 1.807) is 0 Å². The third-order valence-corrected chi connectivity index (χ3v) is 4.60. The average molecular weight is 325 g/mol. The van der Waals surface area contributed by atoms with Gasteiger partial charge < -0.3 is 15.2 Å². The van der Waals surface area contributed by atoms with Crippen LogP contribution in [0.5, 0.6) is 0 Å². The van der Waals surface area contributed by atoms with Gasteiger partial charge in [-0.1, -0.05) is 43.2 Å². The fraction of sp³-hybridized carbons (Fsp3) is 0.474. The van der Waals surface area contributed by atoms with Gasteiger partial charge in [-0.25, -0.2) is 9.98 Å². The molecule has 0 bridgehead atoms. The van der Waals surface area contributed by atoms with Gasteiger partial charge in [0.05, 0.1) is 0 Å². The number of aryl methyl sites for hydroxylation is 2. The summed E-state index contributed by atoms with van der Waals surface area (Å²) in [4.78, 5) is 11.2. The summed E-state index contributed by atoms with van der Waals surface area (Å²) in [7, 11) is 0. The number of imidazole rings is 1. The van der Waals surface area contributed by atoms with Crippen molar-refractivity contribution < 1.29 is 0 Å². The van der Waals surface area contributed by atoms with Crippen LogP contribution in [0, 0.1) is 0 Å². The fourth-order valence-corrected chi connectivity index (χ4v) is 3.14. The van der Waals surface area contributed by atoms with E-state index in [9.17, 15) is 0 Å². The molecule has 0 spiro atoms. The van der Waals surface area contributed by atoms with Crippen molar-refractivity contribution in [1.82, 2.24) is 14.5 Å². The smallest absolute Gasteiger partial charge is 0.191 e. The minimum Gasteiger partial charge on any atom is -0.370 e. The molecular weight excluding hydrogens is 298 g/mol. The van der Waals surface area contributed by atoms with Crippen LogP contribution >= 0.6 is 0 Å². The predicted octanol–water partition coefficient (Wildman–Crippen LogP) is 2.82. The third kappa shape index (κ3) is 4.60. The zero-order valence-corrected chi connectivity index (χ0v) is 14.3. The van der Waals surface area contributed by atoms with E-state index < -0.39 is 0 Å². The number of aromatic nitrogens is 2. The molecule has 2 N–H and O–H groups in total. The van der Waals surface area contributed by atoms with Crippen LogP contribution in [0.2, 0.25) is 0 Å². The maximum atomic E-state index is 6.19. The Hall–Kier alpha value is -2.30. The van der Waals surface area contributed by atoms with Crippen molar-refractivity contribution in [3.8, 4) is 0 Å². The molecule has 0 radical (unpaired) electrons. The normalized spacial score (nSPS) is 16.2. The SMILES string of the molecule is NC(=NCc1nccn1CCc1ccccc1)N1CCCCCC1. The summed E-state index contributed by atoms with van der Waals surface area (Å²) in [6.07, 6.45) is 9.88. The molecule has 0 amide bonds. The molecule has 24 heavy (non-hydrogen) atoms. The van der Waals surface area contributed by atoms with Crippen LogP contribution in [0.15, 0.2) is 47.7 Å². The molecule has 1 aromatic heterocycles. The summed E-state index contributed by atoms with van der Waals surface area (Å²) in [6, 6.07) is 10.5. The van der Waals surface area contributed by atoms with Crippen LogP contribution in [0.4, 0.5) is 0 Å². The lowest BCUT2D eigenvalue weighted by Gasteiger charge is -2.21. The summed E-state index contributed by atoms with van der Waals surface area (Å²) in [6.45, 7) is 3.51. The van der Waals surface area contributed by atoms with E-state index in [0.29, 0.717) is 12.5 Å². The van der Waals surface area contributed by atoms with Crippen LogP contribution in [-0.4, -0.2) is 33.5 Å². The summed E-state index contributed by atoms with van der Waals surface area (Å²) in [5.41, 5.74) is 7.53. The first-order valence-corrected chi connectivity index (χ1v) is 8.92. The number of rotatable bonds is 5. The molecule has 0 aliphatic carbocycles. The van der Waals surface area contributed by atoms with Crippen LogP contribution in [0.1, 0.15) is 37.1 Å². The molecular formula is C19H27N5. The highest BCUT2D eigenvalue weighted by Gasteiger charge is 2.11. The number of hydrogen-bond acceptors (Lipinski definition) is 2. The molecule has 0 saturated carbocycles. The highest BCUT2D eigenvalue weighted by Crippen LogP contribution is 2.10. The Morgan fingerprint density at radius 2 is 1.83 bits per heavy atom. The molecule has 1 fully saturated rings. The topological polar surface area (TPSA) is 59.4 Å². The highest BCUT2D eigenvalue weighted by molar-refractivity contribution is 5.78. The van der Waals surface area contributed by atoms with Crippen molar-refractivity contribution in [3.63, 3.8) is 0 Å². The lowest BCUT2D eigenvalue weighted by molar-refractivity contribution is 0.428. The van der Waals surface area contributed by atoms with Gasteiger partial charge in [-0.05, 0) is 24.8 Å². The number of benzene rings is 1. The largest absolute Gasteiger partial charge is 0.370 e. The first-order valence-electron chi connectivity index (χ1n) is 8.92. The third-order valence-electron chi connectivity index (χ3n) is 4.60. The van der Waals surface area contributed by atoms with Gasteiger partial charge in [0.1, 0.15) is 12.4 Å². The number of hydrogen-bond donors (Lipinski definition) is 1. The van der Waals surface area contributed by atoms with Crippen molar-refractivity contribution in [2.45, 2.75) is 45.2 Å². The standard InChI is InChI=1S/C19H27N5/c20-19(24-12-6-1-2-7-13-24)22-16-18-21-11-15-23(18)14-10-17-8-4-3-5-9-17/h3-5,8-9,11,15H,1-2,6-7,10,12-14,16H2,(H2,20,22). The minimum absolute atomic E-state index is 0.546. The average Bonchev–Trinajstić information content (AvgIpc) is 2.89. The van der Waals surface area contributed by atoms with E-state index in [0.717, 1.165) is 31.9 Å². The lowest BCUT2D eigenvalue weighted by Crippen LogP contribution is -2.38. The monoisotopic (exact) mass is 325 g/mol. The van der Waals surface area contributed by atoms with Crippen LogP contribution < -0.4 is 5.73 Å². The molecule has 2 aromatic rings. The quantitative estimate of drug-likeness (QED) is 0.679. The number of nitrogens with two attached hydrogens (primary N) is 1. The van der Waals surface area contributed by atoms with Crippen molar-refractivity contribution in [2.75, 3.05) is 13.1 Å². The van der Waals surface area contributed by atoms with Crippen LogP contribution in [0.3, 0.4) is 0 Å². The highest BCUT2D eigenvalue weighted by atomic mass is 15.3. The molecule has 1 aliphatic heterocycles. The van der Waals surface area contributed by atoms with E-state index in [-0.39, 0.29) is 0 Å². The van der Waals surface area contributed by atoms with Gasteiger partial charge in [-0.2, -0.15) is 0 Å². The summed E-state index contributed by atoms with van der Waals surface area (Å²) in [5.74, 6) is 1.64. The van der Waals surface area contributed by atoms with Gasteiger partial charge in [0.15, 0.2) is 5.96 Å². The summed E-state index contributed by atoms with van der Waals surface area (Å²) >= 11 is 0. The number of aliphatic imine (C=N–C) groups is 1. The predicted molar refractivity (Wildman–Crippen MR) is 97.7 cm³/mol. The number of nitrogens with zero attached hydrogens (tertiary/aromatic N) is 4. The van der Waals surface area contributed by atoms with Crippen molar-refractivity contribution >= 4 is 5.96 Å².